The highest BCUT2D eigenvalue weighted by Crippen LogP contribution is 2.45. The zero-order valence-electron chi connectivity index (χ0n) is 6.72. The molecule has 60 valence electrons. The molecule has 0 radical (unpaired) electrons. The molecule has 1 aliphatic rings. The van der Waals surface area contributed by atoms with E-state index in [4.69, 9.17) is 0 Å². The van der Waals surface area contributed by atoms with Crippen molar-refractivity contribution in [1.82, 2.24) is 0 Å². The average molecular weight is 176 g/mol. The van der Waals surface area contributed by atoms with Crippen molar-refractivity contribution < 1.29 is 0 Å². The van der Waals surface area contributed by atoms with Crippen LogP contribution in [0.25, 0.3) is 0 Å². The van der Waals surface area contributed by atoms with Gasteiger partial charge in [0.1, 0.15) is 0 Å². The molecule has 0 nitrogen and oxygen atoms in total. The lowest BCUT2D eigenvalue weighted by Gasteiger charge is -2.43. The monoisotopic (exact) mass is 176 g/mol. The maximum Gasteiger partial charge on any atom is 0.0243 e. The molecule has 1 rings (SSSR count). The molecule has 2 heteroatoms. The lowest BCUT2D eigenvalue weighted by Crippen LogP contribution is -2.43. The number of thiol groups is 2. The first-order chi connectivity index (χ1) is 4.46. The molecule has 0 N–H and O–H groups in total. The summed E-state index contributed by atoms with van der Waals surface area (Å²) in [6.45, 7) is 4.39. The second kappa shape index (κ2) is 2.63. The molecular weight excluding hydrogens is 160 g/mol. The highest BCUT2D eigenvalue weighted by atomic mass is 32.1. The Kier molecular flexibility index (Phi) is 2.31. The van der Waals surface area contributed by atoms with Crippen LogP contribution in [0.3, 0.4) is 0 Å². The van der Waals surface area contributed by atoms with Gasteiger partial charge in [-0.15, -0.1) is 0 Å². The van der Waals surface area contributed by atoms with E-state index in [2.05, 4.69) is 39.1 Å². The highest BCUT2D eigenvalue weighted by molar-refractivity contribution is 7.86. The minimum atomic E-state index is 0.133. The second-order valence-corrected chi connectivity index (χ2v) is 5.73. The van der Waals surface area contributed by atoms with E-state index in [1.54, 1.807) is 0 Å². The maximum atomic E-state index is 4.62. The van der Waals surface area contributed by atoms with Crippen LogP contribution in [0.2, 0.25) is 0 Å². The first kappa shape index (κ1) is 8.79. The van der Waals surface area contributed by atoms with Gasteiger partial charge in [-0.2, -0.15) is 25.3 Å². The zero-order valence-corrected chi connectivity index (χ0v) is 8.51. The van der Waals surface area contributed by atoms with Crippen molar-refractivity contribution in [2.75, 3.05) is 0 Å². The van der Waals surface area contributed by atoms with Gasteiger partial charge in [-0.3, -0.25) is 0 Å². The lowest BCUT2D eigenvalue weighted by atomic mass is 9.80. The van der Waals surface area contributed by atoms with Crippen molar-refractivity contribution >= 4 is 25.3 Å². The van der Waals surface area contributed by atoms with Crippen LogP contribution in [0, 0.1) is 0 Å². The van der Waals surface area contributed by atoms with Crippen molar-refractivity contribution in [3.63, 3.8) is 0 Å². The summed E-state index contributed by atoms with van der Waals surface area (Å²) in [5, 5.41) is 0. The largest absolute Gasteiger partial charge is 0.171 e. The summed E-state index contributed by atoms with van der Waals surface area (Å²) in [7, 11) is 0. The topological polar surface area (TPSA) is 0 Å². The number of hydrogen-bond acceptors (Lipinski definition) is 2. The SMILES string of the molecule is CC1(S)CCCCC1(C)S. The van der Waals surface area contributed by atoms with Crippen LogP contribution in [0.4, 0.5) is 0 Å². The van der Waals surface area contributed by atoms with Crippen LogP contribution >= 0.6 is 25.3 Å². The first-order valence-electron chi connectivity index (χ1n) is 3.90. The predicted molar refractivity (Wildman–Crippen MR) is 53.3 cm³/mol. The Balaban J connectivity index is 2.70. The Labute approximate surface area is 74.6 Å². The lowest BCUT2D eigenvalue weighted by molar-refractivity contribution is 0.352. The first-order valence-corrected chi connectivity index (χ1v) is 4.80. The Hall–Kier alpha value is 0.700. The van der Waals surface area contributed by atoms with Gasteiger partial charge in [-0.1, -0.05) is 12.8 Å². The molecule has 0 bridgehead atoms. The van der Waals surface area contributed by atoms with Gasteiger partial charge >= 0.3 is 0 Å². The van der Waals surface area contributed by atoms with Gasteiger partial charge < -0.3 is 0 Å². The van der Waals surface area contributed by atoms with Gasteiger partial charge in [0.25, 0.3) is 0 Å². The van der Waals surface area contributed by atoms with Crippen LogP contribution in [-0.2, 0) is 0 Å². The van der Waals surface area contributed by atoms with E-state index in [0.717, 1.165) is 0 Å². The summed E-state index contributed by atoms with van der Waals surface area (Å²) in [6.07, 6.45) is 5.04. The zero-order chi connectivity index (χ0) is 7.83. The van der Waals surface area contributed by atoms with E-state index in [0.29, 0.717) is 0 Å². The average Bonchev–Trinajstić information content (AvgIpc) is 1.77. The predicted octanol–water partition coefficient (Wildman–Crippen LogP) is 2.94. The van der Waals surface area contributed by atoms with E-state index in [1.165, 1.54) is 25.7 Å². The summed E-state index contributed by atoms with van der Waals surface area (Å²) in [6, 6.07) is 0. The molecule has 0 amide bonds. The second-order valence-electron chi connectivity index (χ2n) is 3.75. The molecule has 1 saturated carbocycles. The standard InChI is InChI=1S/C8H16S2/c1-7(9)5-3-4-6-8(7,2)10/h9-10H,3-6H2,1-2H3. The molecule has 0 heterocycles. The molecule has 0 aliphatic heterocycles. The third-order valence-corrected chi connectivity index (χ3v) is 4.35. The van der Waals surface area contributed by atoms with Crippen molar-refractivity contribution in [1.29, 1.82) is 0 Å². The van der Waals surface area contributed by atoms with Gasteiger partial charge in [0.15, 0.2) is 0 Å². The third-order valence-electron chi connectivity index (χ3n) is 2.74. The fourth-order valence-corrected chi connectivity index (χ4v) is 2.02. The molecule has 1 aliphatic carbocycles. The van der Waals surface area contributed by atoms with Crippen molar-refractivity contribution in [2.45, 2.75) is 49.0 Å². The molecule has 1 fully saturated rings. The fraction of sp³-hybridized carbons (Fsp3) is 1.00. The van der Waals surface area contributed by atoms with Crippen LogP contribution in [0.15, 0.2) is 0 Å². The van der Waals surface area contributed by atoms with Gasteiger partial charge in [0.2, 0.25) is 0 Å². The van der Waals surface area contributed by atoms with Crippen LogP contribution in [0.1, 0.15) is 39.5 Å². The van der Waals surface area contributed by atoms with Gasteiger partial charge in [0.05, 0.1) is 0 Å². The van der Waals surface area contributed by atoms with E-state index < -0.39 is 0 Å². The van der Waals surface area contributed by atoms with E-state index in [9.17, 15) is 0 Å². The molecule has 0 saturated heterocycles. The third kappa shape index (κ3) is 1.48. The maximum absolute atomic E-state index is 4.62. The van der Waals surface area contributed by atoms with Gasteiger partial charge in [-0.05, 0) is 26.7 Å². The summed E-state index contributed by atoms with van der Waals surface area (Å²) in [5.41, 5.74) is 0. The summed E-state index contributed by atoms with van der Waals surface area (Å²) >= 11 is 9.24. The molecule has 0 aromatic carbocycles. The Morgan fingerprint density at radius 1 is 0.900 bits per heavy atom. The van der Waals surface area contributed by atoms with Crippen molar-refractivity contribution in [2.24, 2.45) is 0 Å². The van der Waals surface area contributed by atoms with E-state index in [-0.39, 0.29) is 9.49 Å². The van der Waals surface area contributed by atoms with Crippen LogP contribution in [0.5, 0.6) is 0 Å². The van der Waals surface area contributed by atoms with Crippen LogP contribution < -0.4 is 0 Å². The fourth-order valence-electron chi connectivity index (χ4n) is 1.48. The Bertz CT molecular complexity index is 111. The molecule has 2 atom stereocenters. The normalized spacial score (nSPS) is 49.2. The molecule has 2 unspecified atom stereocenters. The smallest absolute Gasteiger partial charge is 0.0243 e. The van der Waals surface area contributed by atoms with E-state index >= 15 is 0 Å². The minimum Gasteiger partial charge on any atom is -0.171 e. The summed E-state index contributed by atoms with van der Waals surface area (Å²) in [5.74, 6) is 0. The molecular formula is C8H16S2. The van der Waals surface area contributed by atoms with Crippen molar-refractivity contribution in [3.8, 4) is 0 Å². The Morgan fingerprint density at radius 3 is 1.40 bits per heavy atom. The summed E-state index contributed by atoms with van der Waals surface area (Å²) < 4.78 is 0.267. The van der Waals surface area contributed by atoms with Crippen molar-refractivity contribution in [3.05, 3.63) is 0 Å². The molecule has 10 heavy (non-hydrogen) atoms. The molecule has 0 aromatic rings. The quantitative estimate of drug-likeness (QED) is 0.521. The molecule has 0 spiro atoms. The van der Waals surface area contributed by atoms with Gasteiger partial charge in [0, 0.05) is 9.49 Å². The number of rotatable bonds is 0. The molecule has 0 aromatic heterocycles. The van der Waals surface area contributed by atoms with E-state index in [1.807, 2.05) is 0 Å². The number of hydrogen-bond donors (Lipinski definition) is 2. The van der Waals surface area contributed by atoms with Gasteiger partial charge in [-0.25, -0.2) is 0 Å². The minimum absolute atomic E-state index is 0.133. The van der Waals surface area contributed by atoms with Crippen LogP contribution in [-0.4, -0.2) is 9.49 Å². The highest BCUT2D eigenvalue weighted by Gasteiger charge is 2.40. The Morgan fingerprint density at radius 2 is 1.20 bits per heavy atom. The summed E-state index contributed by atoms with van der Waals surface area (Å²) in [4.78, 5) is 0.